The van der Waals surface area contributed by atoms with Gasteiger partial charge >= 0.3 is 0 Å². The Morgan fingerprint density at radius 3 is 3.20 bits per heavy atom. The van der Waals surface area contributed by atoms with E-state index < -0.39 is 0 Å². The first-order valence-corrected chi connectivity index (χ1v) is 5.22. The standard InChI is InChI=1S/C10H16N4O/c1-7(8-3-2-6-15-8)13-9-4-5-12-10(11)14-9/h4-5,7-8H,2-3,6H2,1H3,(H3,11,12,13,14). The molecule has 0 radical (unpaired) electrons. The topological polar surface area (TPSA) is 73.1 Å². The van der Waals surface area contributed by atoms with Crippen molar-refractivity contribution in [2.24, 2.45) is 0 Å². The molecular formula is C10H16N4O. The van der Waals surface area contributed by atoms with Crippen molar-refractivity contribution in [3.63, 3.8) is 0 Å². The highest BCUT2D eigenvalue weighted by Crippen LogP contribution is 2.18. The Balaban J connectivity index is 1.95. The lowest BCUT2D eigenvalue weighted by molar-refractivity contribution is 0.0995. The van der Waals surface area contributed by atoms with Gasteiger partial charge in [0.25, 0.3) is 0 Å². The molecule has 0 amide bonds. The van der Waals surface area contributed by atoms with Gasteiger partial charge in [-0.1, -0.05) is 0 Å². The van der Waals surface area contributed by atoms with Crippen molar-refractivity contribution in [2.45, 2.75) is 31.9 Å². The van der Waals surface area contributed by atoms with E-state index in [0.717, 1.165) is 25.3 Å². The Morgan fingerprint density at radius 2 is 2.53 bits per heavy atom. The van der Waals surface area contributed by atoms with E-state index in [2.05, 4.69) is 22.2 Å². The zero-order valence-electron chi connectivity index (χ0n) is 8.81. The van der Waals surface area contributed by atoms with Gasteiger partial charge in [-0.15, -0.1) is 0 Å². The molecular weight excluding hydrogens is 192 g/mol. The largest absolute Gasteiger partial charge is 0.376 e. The van der Waals surface area contributed by atoms with Crippen LogP contribution < -0.4 is 11.1 Å². The van der Waals surface area contributed by atoms with Crippen LogP contribution in [0.15, 0.2) is 12.3 Å². The first-order valence-electron chi connectivity index (χ1n) is 5.22. The van der Waals surface area contributed by atoms with Crippen molar-refractivity contribution in [3.05, 3.63) is 12.3 Å². The number of hydrogen-bond acceptors (Lipinski definition) is 5. The molecule has 1 aliphatic heterocycles. The van der Waals surface area contributed by atoms with Crippen LogP contribution in [0.4, 0.5) is 11.8 Å². The van der Waals surface area contributed by atoms with Crippen LogP contribution in [-0.4, -0.2) is 28.7 Å². The molecule has 1 aromatic rings. The average Bonchev–Trinajstić information content (AvgIpc) is 2.70. The van der Waals surface area contributed by atoms with Crippen LogP contribution >= 0.6 is 0 Å². The lowest BCUT2D eigenvalue weighted by Gasteiger charge is -2.20. The van der Waals surface area contributed by atoms with Crippen molar-refractivity contribution >= 4 is 11.8 Å². The Labute approximate surface area is 89.1 Å². The fourth-order valence-electron chi connectivity index (χ4n) is 1.78. The summed E-state index contributed by atoms with van der Waals surface area (Å²) in [6.45, 7) is 2.96. The van der Waals surface area contributed by atoms with Crippen LogP contribution in [-0.2, 0) is 4.74 Å². The molecule has 0 bridgehead atoms. The van der Waals surface area contributed by atoms with Gasteiger partial charge in [0.2, 0.25) is 5.95 Å². The number of nitrogens with one attached hydrogen (secondary N) is 1. The number of anilines is 2. The maximum Gasteiger partial charge on any atom is 0.221 e. The minimum Gasteiger partial charge on any atom is -0.376 e. The van der Waals surface area contributed by atoms with Crippen molar-refractivity contribution in [2.75, 3.05) is 17.7 Å². The predicted octanol–water partition coefficient (Wildman–Crippen LogP) is 1.04. The van der Waals surface area contributed by atoms with Gasteiger partial charge in [0.1, 0.15) is 5.82 Å². The molecule has 1 saturated heterocycles. The summed E-state index contributed by atoms with van der Waals surface area (Å²) in [7, 11) is 0. The second-order valence-corrected chi connectivity index (χ2v) is 3.78. The van der Waals surface area contributed by atoms with Crippen LogP contribution in [0, 0.1) is 0 Å². The summed E-state index contributed by atoms with van der Waals surface area (Å²) >= 11 is 0. The molecule has 82 valence electrons. The highest BCUT2D eigenvalue weighted by Gasteiger charge is 2.22. The third-order valence-corrected chi connectivity index (χ3v) is 2.57. The third-order valence-electron chi connectivity index (χ3n) is 2.57. The van der Waals surface area contributed by atoms with Gasteiger partial charge in [-0.25, -0.2) is 4.98 Å². The Bertz CT molecular complexity index is 325. The van der Waals surface area contributed by atoms with Gasteiger partial charge in [0.15, 0.2) is 0 Å². The SMILES string of the molecule is CC(Nc1ccnc(N)n1)C1CCCO1. The second kappa shape index (κ2) is 4.44. The molecule has 2 rings (SSSR count). The number of ether oxygens (including phenoxy) is 1. The fraction of sp³-hybridized carbons (Fsp3) is 0.600. The molecule has 3 N–H and O–H groups in total. The summed E-state index contributed by atoms with van der Waals surface area (Å²) < 4.78 is 5.58. The summed E-state index contributed by atoms with van der Waals surface area (Å²) in [4.78, 5) is 7.92. The van der Waals surface area contributed by atoms with E-state index in [4.69, 9.17) is 10.5 Å². The van der Waals surface area contributed by atoms with E-state index >= 15 is 0 Å². The molecule has 2 unspecified atom stereocenters. The lowest BCUT2D eigenvalue weighted by atomic mass is 10.1. The molecule has 1 aliphatic rings. The summed E-state index contributed by atoms with van der Waals surface area (Å²) in [5, 5.41) is 3.27. The van der Waals surface area contributed by atoms with Gasteiger partial charge in [-0.05, 0) is 25.8 Å². The van der Waals surface area contributed by atoms with Crippen molar-refractivity contribution in [1.29, 1.82) is 0 Å². The van der Waals surface area contributed by atoms with E-state index in [-0.39, 0.29) is 12.1 Å². The number of hydrogen-bond donors (Lipinski definition) is 2. The smallest absolute Gasteiger partial charge is 0.221 e. The van der Waals surface area contributed by atoms with Crippen molar-refractivity contribution in [3.8, 4) is 0 Å². The molecule has 0 aliphatic carbocycles. The molecule has 0 saturated carbocycles. The average molecular weight is 208 g/mol. The summed E-state index contributed by atoms with van der Waals surface area (Å²) in [5.74, 6) is 1.05. The predicted molar refractivity (Wildman–Crippen MR) is 58.5 cm³/mol. The second-order valence-electron chi connectivity index (χ2n) is 3.78. The fourth-order valence-corrected chi connectivity index (χ4v) is 1.78. The minimum atomic E-state index is 0.252. The monoisotopic (exact) mass is 208 g/mol. The van der Waals surface area contributed by atoms with Crippen LogP contribution in [0.5, 0.6) is 0 Å². The third kappa shape index (κ3) is 2.56. The Morgan fingerprint density at radius 1 is 1.67 bits per heavy atom. The van der Waals surface area contributed by atoms with Crippen LogP contribution in [0.2, 0.25) is 0 Å². The van der Waals surface area contributed by atoms with Gasteiger partial charge in [0, 0.05) is 12.8 Å². The van der Waals surface area contributed by atoms with E-state index in [0.29, 0.717) is 5.95 Å². The minimum absolute atomic E-state index is 0.252. The Hall–Kier alpha value is -1.36. The number of nitrogens with zero attached hydrogens (tertiary/aromatic N) is 2. The number of rotatable bonds is 3. The molecule has 5 nitrogen and oxygen atoms in total. The number of aromatic nitrogens is 2. The molecule has 15 heavy (non-hydrogen) atoms. The lowest BCUT2D eigenvalue weighted by Crippen LogP contribution is -2.30. The zero-order chi connectivity index (χ0) is 10.7. The molecule has 5 heteroatoms. The molecule has 0 aromatic carbocycles. The Kier molecular flexibility index (Phi) is 3.01. The van der Waals surface area contributed by atoms with Crippen LogP contribution in [0.25, 0.3) is 0 Å². The summed E-state index contributed by atoms with van der Waals surface area (Å²) in [5.41, 5.74) is 5.49. The zero-order valence-corrected chi connectivity index (χ0v) is 8.81. The number of nitrogens with two attached hydrogens (primary N) is 1. The summed E-state index contributed by atoms with van der Waals surface area (Å²) in [6, 6.07) is 2.06. The maximum absolute atomic E-state index is 5.58. The number of nitrogen functional groups attached to an aromatic ring is 1. The van der Waals surface area contributed by atoms with E-state index in [9.17, 15) is 0 Å². The van der Waals surface area contributed by atoms with Crippen molar-refractivity contribution < 1.29 is 4.74 Å². The van der Waals surface area contributed by atoms with E-state index in [1.807, 2.05) is 6.07 Å². The van der Waals surface area contributed by atoms with Gasteiger partial charge in [-0.2, -0.15) is 4.98 Å². The van der Waals surface area contributed by atoms with Crippen LogP contribution in [0.1, 0.15) is 19.8 Å². The van der Waals surface area contributed by atoms with Gasteiger partial charge in [0.05, 0.1) is 12.1 Å². The van der Waals surface area contributed by atoms with Gasteiger partial charge in [-0.3, -0.25) is 0 Å². The molecule has 2 heterocycles. The molecule has 0 spiro atoms. The van der Waals surface area contributed by atoms with Crippen LogP contribution in [0.3, 0.4) is 0 Å². The van der Waals surface area contributed by atoms with Crippen molar-refractivity contribution in [1.82, 2.24) is 9.97 Å². The van der Waals surface area contributed by atoms with E-state index in [1.165, 1.54) is 0 Å². The highest BCUT2D eigenvalue weighted by molar-refractivity contribution is 5.38. The molecule has 2 atom stereocenters. The molecule has 1 aromatic heterocycles. The summed E-state index contributed by atoms with van der Waals surface area (Å²) in [6.07, 6.45) is 4.17. The molecule has 1 fully saturated rings. The normalized spacial score (nSPS) is 22.6. The van der Waals surface area contributed by atoms with Gasteiger partial charge < -0.3 is 15.8 Å². The van der Waals surface area contributed by atoms with E-state index in [1.54, 1.807) is 6.20 Å². The highest BCUT2D eigenvalue weighted by atomic mass is 16.5. The maximum atomic E-state index is 5.58. The first kappa shape index (κ1) is 10.2. The quantitative estimate of drug-likeness (QED) is 0.776. The first-order chi connectivity index (χ1) is 7.25.